The minimum atomic E-state index is -4.43. The Kier molecular flexibility index (Phi) is 5.38. The van der Waals surface area contributed by atoms with E-state index in [4.69, 9.17) is 16.3 Å². The summed E-state index contributed by atoms with van der Waals surface area (Å²) in [5.74, 6) is -0.0400. The van der Waals surface area contributed by atoms with Crippen LogP contribution in [0.1, 0.15) is 33.9 Å². The lowest BCUT2D eigenvalue weighted by Crippen LogP contribution is -2.93. The van der Waals surface area contributed by atoms with Crippen molar-refractivity contribution in [1.82, 2.24) is 5.43 Å². The Labute approximate surface area is 158 Å². The van der Waals surface area contributed by atoms with Crippen LogP contribution in [-0.2, 0) is 0 Å². The molecule has 3 N–H and O–H groups in total. The van der Waals surface area contributed by atoms with E-state index in [0.717, 1.165) is 0 Å². The Bertz CT molecular complexity index is 900. The number of halogens is 4. The summed E-state index contributed by atoms with van der Waals surface area (Å²) >= 11 is 5.85. The quantitative estimate of drug-likeness (QED) is 0.614. The Morgan fingerprint density at radius 3 is 2.74 bits per heavy atom. The molecule has 0 aromatic heterocycles. The molecular formula is C18H16ClF3N3O2+. The number of hydrogen-bond donors (Lipinski definition) is 2. The summed E-state index contributed by atoms with van der Waals surface area (Å²) in [5.41, 5.74) is 4.07. The van der Waals surface area contributed by atoms with Crippen molar-refractivity contribution in [2.45, 2.75) is 18.8 Å². The fourth-order valence-corrected chi connectivity index (χ4v) is 3.15. The number of carbonyl (C=O) groups is 1. The summed E-state index contributed by atoms with van der Waals surface area (Å²) in [5, 5.41) is 4.77. The van der Waals surface area contributed by atoms with Gasteiger partial charge in [-0.05, 0) is 36.4 Å². The van der Waals surface area contributed by atoms with Crippen molar-refractivity contribution in [3.8, 4) is 5.75 Å². The molecule has 3 rings (SSSR count). The summed E-state index contributed by atoms with van der Waals surface area (Å²) in [6.07, 6.45) is -4.40. The molecule has 2 aromatic rings. The van der Waals surface area contributed by atoms with Gasteiger partial charge in [-0.25, -0.2) is 10.7 Å². The molecular weight excluding hydrogens is 383 g/mol. The van der Waals surface area contributed by atoms with E-state index in [1.165, 1.54) is 13.2 Å². The number of fused-ring (bicyclic) bond motifs is 1. The Hall–Kier alpha value is -2.58. The van der Waals surface area contributed by atoms with Crippen LogP contribution >= 0.6 is 11.6 Å². The fourth-order valence-electron chi connectivity index (χ4n) is 2.96. The van der Waals surface area contributed by atoms with Crippen molar-refractivity contribution in [2.75, 3.05) is 7.11 Å². The summed E-state index contributed by atoms with van der Waals surface area (Å²) < 4.78 is 43.7. The van der Waals surface area contributed by atoms with Gasteiger partial charge in [0.15, 0.2) is 0 Å². The van der Waals surface area contributed by atoms with E-state index in [1.54, 1.807) is 36.4 Å². The predicted molar refractivity (Wildman–Crippen MR) is 93.8 cm³/mol. The van der Waals surface area contributed by atoms with Crippen molar-refractivity contribution in [2.24, 2.45) is 5.10 Å². The molecule has 1 amide bonds. The van der Waals surface area contributed by atoms with Crippen molar-refractivity contribution < 1.29 is 28.0 Å². The molecule has 0 unspecified atom stereocenters. The molecule has 27 heavy (non-hydrogen) atoms. The summed E-state index contributed by atoms with van der Waals surface area (Å²) in [6, 6.07) is 10.2. The number of rotatable bonds is 4. The van der Waals surface area contributed by atoms with Gasteiger partial charge in [0.2, 0.25) is 0 Å². The molecule has 0 fully saturated rings. The molecule has 1 aliphatic carbocycles. The maximum absolute atomic E-state index is 12.9. The van der Waals surface area contributed by atoms with E-state index in [1.807, 2.05) is 0 Å². The Morgan fingerprint density at radius 2 is 2.07 bits per heavy atom. The number of quaternary nitrogens is 1. The van der Waals surface area contributed by atoms with E-state index in [9.17, 15) is 18.0 Å². The molecule has 0 radical (unpaired) electrons. The maximum Gasteiger partial charge on any atom is 0.558 e. The highest BCUT2D eigenvalue weighted by Gasteiger charge is 2.42. The van der Waals surface area contributed by atoms with Crippen LogP contribution in [0.5, 0.6) is 5.75 Å². The zero-order valence-corrected chi connectivity index (χ0v) is 14.9. The van der Waals surface area contributed by atoms with Gasteiger partial charge in [0.05, 0.1) is 12.8 Å². The molecule has 0 bridgehead atoms. The van der Waals surface area contributed by atoms with E-state index < -0.39 is 18.2 Å². The third-order valence-electron chi connectivity index (χ3n) is 4.15. The molecule has 0 saturated carbocycles. The van der Waals surface area contributed by atoms with E-state index in [2.05, 4.69) is 10.5 Å². The molecule has 1 aliphatic rings. The predicted octanol–water partition coefficient (Wildman–Crippen LogP) is 3.01. The summed E-state index contributed by atoms with van der Waals surface area (Å²) in [4.78, 5) is 12.2. The third kappa shape index (κ3) is 4.58. The molecule has 0 spiro atoms. The molecule has 5 nitrogen and oxygen atoms in total. The second-order valence-electron chi connectivity index (χ2n) is 5.98. The average Bonchev–Trinajstić information content (AvgIpc) is 2.94. The van der Waals surface area contributed by atoms with Crippen LogP contribution in [0, 0.1) is 0 Å². The average molecular weight is 399 g/mol. The fraction of sp³-hybridized carbons (Fsp3) is 0.222. The number of carbonyl (C=O) groups excluding carboxylic acids is 1. The van der Waals surface area contributed by atoms with Gasteiger partial charge < -0.3 is 4.74 Å². The molecule has 0 aliphatic heterocycles. The number of nitrogens with one attached hydrogen (secondary N) is 1. The van der Waals surface area contributed by atoms with E-state index in [0.29, 0.717) is 38.5 Å². The summed E-state index contributed by atoms with van der Waals surface area (Å²) in [6.45, 7) is 0. The van der Waals surface area contributed by atoms with Crippen molar-refractivity contribution in [3.63, 3.8) is 0 Å². The number of ether oxygens (including phenoxy) is 1. The van der Waals surface area contributed by atoms with Gasteiger partial charge in [0, 0.05) is 28.1 Å². The minimum Gasteiger partial charge on any atom is -0.497 e. The molecule has 9 heteroatoms. The SMILES string of the molecule is COc1ccc2c(c1)[C@H]([NH2+]C(F)(F)F)C/C2=N\NC(=O)c1cccc(Cl)c1. The lowest BCUT2D eigenvalue weighted by molar-refractivity contribution is -0.840. The van der Waals surface area contributed by atoms with Gasteiger partial charge in [0.25, 0.3) is 5.91 Å². The van der Waals surface area contributed by atoms with Crippen LogP contribution in [0.25, 0.3) is 0 Å². The minimum absolute atomic E-state index is 0.0256. The molecule has 142 valence electrons. The van der Waals surface area contributed by atoms with Gasteiger partial charge in [-0.2, -0.15) is 5.10 Å². The highest BCUT2D eigenvalue weighted by molar-refractivity contribution is 6.31. The van der Waals surface area contributed by atoms with Gasteiger partial charge in [-0.1, -0.05) is 17.7 Å². The van der Waals surface area contributed by atoms with Gasteiger partial charge in [-0.3, -0.25) is 4.79 Å². The second-order valence-corrected chi connectivity index (χ2v) is 6.42. The molecule has 2 aromatic carbocycles. The number of hydrazone groups is 1. The topological polar surface area (TPSA) is 67.3 Å². The lowest BCUT2D eigenvalue weighted by atomic mass is 10.1. The standard InChI is InChI=1S/C18H15ClF3N3O2/c1-27-12-5-6-13-14(8-12)15(23-18(20,21)22)9-16(13)24-25-17(26)10-3-2-4-11(19)7-10/h2-8,15,23H,9H2,1H3,(H,25,26)/p+1/b24-16+/t15-/m1/s1. The van der Waals surface area contributed by atoms with Crippen molar-refractivity contribution in [1.29, 1.82) is 0 Å². The van der Waals surface area contributed by atoms with E-state index in [-0.39, 0.29) is 6.42 Å². The maximum atomic E-state index is 12.9. The van der Waals surface area contributed by atoms with Gasteiger partial charge in [0.1, 0.15) is 11.8 Å². The first-order chi connectivity index (χ1) is 12.8. The highest BCUT2D eigenvalue weighted by atomic mass is 35.5. The van der Waals surface area contributed by atoms with Crippen LogP contribution in [0.4, 0.5) is 13.2 Å². The zero-order chi connectivity index (χ0) is 19.6. The lowest BCUT2D eigenvalue weighted by Gasteiger charge is -2.12. The smallest absolute Gasteiger partial charge is 0.497 e. The monoisotopic (exact) mass is 398 g/mol. The first-order valence-corrected chi connectivity index (χ1v) is 8.38. The highest BCUT2D eigenvalue weighted by Crippen LogP contribution is 2.32. The number of hydrogen-bond acceptors (Lipinski definition) is 3. The van der Waals surface area contributed by atoms with Crippen LogP contribution in [-0.4, -0.2) is 25.0 Å². The number of nitrogens with two attached hydrogens (primary N) is 1. The largest absolute Gasteiger partial charge is 0.558 e. The Morgan fingerprint density at radius 1 is 1.30 bits per heavy atom. The number of methoxy groups -OCH3 is 1. The van der Waals surface area contributed by atoms with Gasteiger partial charge >= 0.3 is 6.30 Å². The zero-order valence-electron chi connectivity index (χ0n) is 14.2. The number of amides is 1. The number of nitrogens with zero attached hydrogens (tertiary/aromatic N) is 1. The van der Waals surface area contributed by atoms with Crippen LogP contribution in [0.3, 0.4) is 0 Å². The van der Waals surface area contributed by atoms with Crippen LogP contribution in [0.15, 0.2) is 47.6 Å². The van der Waals surface area contributed by atoms with Crippen LogP contribution in [0.2, 0.25) is 5.02 Å². The van der Waals surface area contributed by atoms with Crippen molar-refractivity contribution >= 4 is 23.2 Å². The molecule has 0 heterocycles. The third-order valence-corrected chi connectivity index (χ3v) is 4.39. The number of benzene rings is 2. The molecule has 0 saturated heterocycles. The van der Waals surface area contributed by atoms with Gasteiger partial charge in [-0.15, -0.1) is 13.2 Å². The summed E-state index contributed by atoms with van der Waals surface area (Å²) in [7, 11) is 1.44. The normalized spacial score (nSPS) is 17.7. The second kappa shape index (κ2) is 7.58. The number of alkyl halides is 3. The Balaban J connectivity index is 1.86. The first-order valence-electron chi connectivity index (χ1n) is 8.00. The van der Waals surface area contributed by atoms with E-state index >= 15 is 0 Å². The first kappa shape index (κ1) is 19.2. The molecule has 1 atom stereocenters. The van der Waals surface area contributed by atoms with Crippen molar-refractivity contribution in [3.05, 3.63) is 64.2 Å². The van der Waals surface area contributed by atoms with Crippen LogP contribution < -0.4 is 15.5 Å².